The van der Waals surface area contributed by atoms with E-state index in [-0.39, 0.29) is 19.3 Å². The molecule has 5 nitrogen and oxygen atoms in total. The van der Waals surface area contributed by atoms with E-state index in [1.807, 2.05) is 0 Å². The Labute approximate surface area is 124 Å². The fourth-order valence-electron chi connectivity index (χ4n) is 1.66. The van der Waals surface area contributed by atoms with Gasteiger partial charge in [0.25, 0.3) is 0 Å². The number of hydrogen-bond donors (Lipinski definition) is 2. The highest BCUT2D eigenvalue weighted by molar-refractivity contribution is 5.68. The van der Waals surface area contributed by atoms with Crippen molar-refractivity contribution in [3.8, 4) is 0 Å². The van der Waals surface area contributed by atoms with Gasteiger partial charge in [0.1, 0.15) is 11.4 Å². The van der Waals surface area contributed by atoms with Crippen LogP contribution in [-0.4, -0.2) is 24.3 Å². The van der Waals surface area contributed by atoms with Crippen LogP contribution in [0.1, 0.15) is 33.3 Å². The molecule has 0 saturated heterocycles. The fraction of sp³-hybridized carbons (Fsp3) is 0.533. The van der Waals surface area contributed by atoms with Gasteiger partial charge in [-0.2, -0.15) is 0 Å². The quantitative estimate of drug-likeness (QED) is 0.820. The Morgan fingerprint density at radius 1 is 1.38 bits per heavy atom. The molecule has 0 fully saturated rings. The monoisotopic (exact) mass is 298 g/mol. The maximum atomic E-state index is 13.1. The SMILES string of the molecule is C[C@H](COCc1cc(N)cc(F)c1)NC(=O)OC(C)(C)C. The number of nitrogen functional groups attached to an aromatic ring is 1. The van der Waals surface area contributed by atoms with Crippen molar-refractivity contribution in [3.63, 3.8) is 0 Å². The Kier molecular flexibility index (Phi) is 5.96. The first kappa shape index (κ1) is 17.2. The predicted octanol–water partition coefficient (Wildman–Crippen LogP) is 2.84. The molecule has 1 amide bonds. The lowest BCUT2D eigenvalue weighted by atomic mass is 10.2. The highest BCUT2D eigenvalue weighted by atomic mass is 19.1. The standard InChI is InChI=1S/C15H23FN2O3/c1-10(18-14(19)21-15(2,3)4)8-20-9-11-5-12(16)7-13(17)6-11/h5-7,10H,8-9,17H2,1-4H3,(H,18,19)/t10-/m1/s1. The molecule has 3 N–H and O–H groups in total. The van der Waals surface area contributed by atoms with Crippen molar-refractivity contribution in [2.45, 2.75) is 45.9 Å². The number of rotatable bonds is 5. The number of hydrogen-bond acceptors (Lipinski definition) is 4. The topological polar surface area (TPSA) is 73.6 Å². The Morgan fingerprint density at radius 3 is 2.62 bits per heavy atom. The van der Waals surface area contributed by atoms with Crippen LogP contribution in [0.3, 0.4) is 0 Å². The van der Waals surface area contributed by atoms with Gasteiger partial charge in [0.15, 0.2) is 0 Å². The number of nitrogens with two attached hydrogens (primary N) is 1. The van der Waals surface area contributed by atoms with Crippen LogP contribution < -0.4 is 11.1 Å². The molecular formula is C15H23FN2O3. The van der Waals surface area contributed by atoms with Crippen molar-refractivity contribution >= 4 is 11.8 Å². The molecule has 0 aromatic heterocycles. The second-order valence-electron chi connectivity index (χ2n) is 5.96. The molecule has 0 aliphatic heterocycles. The van der Waals surface area contributed by atoms with E-state index in [1.165, 1.54) is 12.1 Å². The van der Waals surface area contributed by atoms with Crippen LogP contribution in [0.4, 0.5) is 14.9 Å². The van der Waals surface area contributed by atoms with E-state index in [0.29, 0.717) is 11.3 Å². The van der Waals surface area contributed by atoms with Crippen LogP contribution in [0.5, 0.6) is 0 Å². The van der Waals surface area contributed by atoms with Gasteiger partial charge in [0.05, 0.1) is 19.3 Å². The maximum absolute atomic E-state index is 13.1. The summed E-state index contributed by atoms with van der Waals surface area (Å²) in [5.41, 5.74) is 6.01. The third kappa shape index (κ3) is 7.51. The number of halogens is 1. The van der Waals surface area contributed by atoms with Crippen molar-refractivity contribution in [2.24, 2.45) is 0 Å². The molecule has 21 heavy (non-hydrogen) atoms. The van der Waals surface area contributed by atoms with Crippen molar-refractivity contribution in [1.82, 2.24) is 5.32 Å². The zero-order chi connectivity index (χ0) is 16.0. The average Bonchev–Trinajstić information content (AvgIpc) is 2.24. The lowest BCUT2D eigenvalue weighted by Crippen LogP contribution is -2.39. The molecule has 1 rings (SSSR count). The summed E-state index contributed by atoms with van der Waals surface area (Å²) in [6.45, 7) is 7.69. The highest BCUT2D eigenvalue weighted by Crippen LogP contribution is 2.12. The smallest absolute Gasteiger partial charge is 0.407 e. The second kappa shape index (κ2) is 7.26. The van der Waals surface area contributed by atoms with Gasteiger partial charge in [0, 0.05) is 5.69 Å². The molecule has 0 saturated carbocycles. The van der Waals surface area contributed by atoms with Crippen LogP contribution in [0.15, 0.2) is 18.2 Å². The molecule has 1 aromatic rings. The number of alkyl carbamates (subject to hydrolysis) is 1. The number of anilines is 1. The molecule has 0 aliphatic carbocycles. The van der Waals surface area contributed by atoms with Crippen molar-refractivity contribution in [2.75, 3.05) is 12.3 Å². The van der Waals surface area contributed by atoms with Crippen LogP contribution in [-0.2, 0) is 16.1 Å². The van der Waals surface area contributed by atoms with E-state index in [4.69, 9.17) is 15.2 Å². The molecule has 118 valence electrons. The maximum Gasteiger partial charge on any atom is 0.407 e. The summed E-state index contributed by atoms with van der Waals surface area (Å²) in [7, 11) is 0. The molecular weight excluding hydrogens is 275 g/mol. The molecule has 0 bridgehead atoms. The van der Waals surface area contributed by atoms with Gasteiger partial charge in [-0.05, 0) is 51.5 Å². The van der Waals surface area contributed by atoms with Gasteiger partial charge in [0.2, 0.25) is 0 Å². The van der Waals surface area contributed by atoms with Gasteiger partial charge >= 0.3 is 6.09 Å². The van der Waals surface area contributed by atoms with Crippen molar-refractivity contribution in [1.29, 1.82) is 0 Å². The minimum atomic E-state index is -0.538. The van der Waals surface area contributed by atoms with Gasteiger partial charge in [-0.15, -0.1) is 0 Å². The first-order valence-corrected chi connectivity index (χ1v) is 6.78. The number of amides is 1. The number of ether oxygens (including phenoxy) is 2. The highest BCUT2D eigenvalue weighted by Gasteiger charge is 2.17. The number of carbonyl (C=O) groups excluding carboxylic acids is 1. The normalized spacial score (nSPS) is 12.8. The first-order chi connectivity index (χ1) is 9.65. The van der Waals surface area contributed by atoms with Crippen LogP contribution in [0, 0.1) is 5.82 Å². The summed E-state index contributed by atoms with van der Waals surface area (Å²) < 4.78 is 23.7. The minimum Gasteiger partial charge on any atom is -0.444 e. The summed E-state index contributed by atoms with van der Waals surface area (Å²) in [5.74, 6) is -0.395. The van der Waals surface area contributed by atoms with E-state index < -0.39 is 17.5 Å². The molecule has 6 heteroatoms. The second-order valence-corrected chi connectivity index (χ2v) is 5.96. The lowest BCUT2D eigenvalue weighted by Gasteiger charge is -2.22. The molecule has 0 unspecified atom stereocenters. The molecule has 0 heterocycles. The molecule has 0 aliphatic rings. The van der Waals surface area contributed by atoms with E-state index in [9.17, 15) is 9.18 Å². The Hall–Kier alpha value is -1.82. The third-order valence-corrected chi connectivity index (χ3v) is 2.38. The summed E-state index contributed by atoms with van der Waals surface area (Å²) in [5, 5.41) is 2.66. The van der Waals surface area contributed by atoms with Crippen LogP contribution >= 0.6 is 0 Å². The Bertz CT molecular complexity index is 466. The third-order valence-electron chi connectivity index (χ3n) is 2.38. The number of benzene rings is 1. The zero-order valence-electron chi connectivity index (χ0n) is 12.9. The largest absolute Gasteiger partial charge is 0.444 e. The fourth-order valence-corrected chi connectivity index (χ4v) is 1.66. The molecule has 1 atom stereocenters. The minimum absolute atomic E-state index is 0.217. The summed E-state index contributed by atoms with van der Waals surface area (Å²) in [4.78, 5) is 11.5. The molecule has 0 radical (unpaired) electrons. The zero-order valence-corrected chi connectivity index (χ0v) is 12.9. The van der Waals surface area contributed by atoms with Crippen LogP contribution in [0.2, 0.25) is 0 Å². The lowest BCUT2D eigenvalue weighted by molar-refractivity contribution is 0.0442. The van der Waals surface area contributed by atoms with Crippen molar-refractivity contribution in [3.05, 3.63) is 29.6 Å². The first-order valence-electron chi connectivity index (χ1n) is 6.78. The van der Waals surface area contributed by atoms with Gasteiger partial charge in [-0.25, -0.2) is 9.18 Å². The average molecular weight is 298 g/mol. The van der Waals surface area contributed by atoms with Gasteiger partial charge < -0.3 is 20.5 Å². The molecule has 1 aromatic carbocycles. The van der Waals surface area contributed by atoms with Gasteiger partial charge in [-0.3, -0.25) is 0 Å². The van der Waals surface area contributed by atoms with Gasteiger partial charge in [-0.1, -0.05) is 0 Å². The van der Waals surface area contributed by atoms with E-state index in [1.54, 1.807) is 33.8 Å². The Morgan fingerprint density at radius 2 is 2.05 bits per heavy atom. The molecule has 0 spiro atoms. The van der Waals surface area contributed by atoms with E-state index in [2.05, 4.69) is 5.32 Å². The summed E-state index contributed by atoms with van der Waals surface area (Å²) >= 11 is 0. The predicted molar refractivity (Wildman–Crippen MR) is 79.3 cm³/mol. The van der Waals surface area contributed by atoms with Crippen molar-refractivity contribution < 1.29 is 18.7 Å². The number of carbonyl (C=O) groups is 1. The summed E-state index contributed by atoms with van der Waals surface area (Å²) in [6.07, 6.45) is -0.492. The van der Waals surface area contributed by atoms with E-state index in [0.717, 1.165) is 0 Å². The van der Waals surface area contributed by atoms with Crippen LogP contribution in [0.25, 0.3) is 0 Å². The summed E-state index contributed by atoms with van der Waals surface area (Å²) in [6, 6.07) is 4.04. The Balaban J connectivity index is 2.33. The van der Waals surface area contributed by atoms with E-state index >= 15 is 0 Å². The number of nitrogens with one attached hydrogen (secondary N) is 1.